The fourth-order valence-corrected chi connectivity index (χ4v) is 1.79. The van der Waals surface area contributed by atoms with E-state index in [-0.39, 0.29) is 11.8 Å². The number of aryl methyl sites for hydroxylation is 1. The molecular weight excluding hydrogens is 178 g/mol. The molecule has 2 aromatic rings. The van der Waals surface area contributed by atoms with Gasteiger partial charge in [-0.25, -0.2) is 0 Å². The van der Waals surface area contributed by atoms with Crippen molar-refractivity contribution in [2.45, 2.75) is 19.9 Å². The topological polar surface area (TPSA) is 59.4 Å². The van der Waals surface area contributed by atoms with Gasteiger partial charge in [-0.2, -0.15) is 0 Å². The van der Waals surface area contributed by atoms with E-state index in [0.29, 0.717) is 0 Å². The number of rotatable bonds is 1. The molecule has 0 saturated carbocycles. The Morgan fingerprint density at radius 2 is 2.14 bits per heavy atom. The molecule has 0 amide bonds. The first kappa shape index (κ1) is 9.09. The zero-order valence-electron chi connectivity index (χ0n) is 8.24. The monoisotopic (exact) mass is 191 g/mol. The first-order chi connectivity index (χ1) is 6.59. The van der Waals surface area contributed by atoms with E-state index < -0.39 is 0 Å². The highest BCUT2D eigenvalue weighted by Gasteiger charge is 2.14. The minimum atomic E-state index is -0.0851. The number of nitrogens with two attached hydrogens (primary N) is 1. The third-order valence-electron chi connectivity index (χ3n) is 2.35. The number of benzene rings is 1. The van der Waals surface area contributed by atoms with Gasteiger partial charge in [0.1, 0.15) is 17.1 Å². The molecule has 0 spiro atoms. The van der Waals surface area contributed by atoms with Gasteiger partial charge in [-0.1, -0.05) is 0 Å². The highest BCUT2D eigenvalue weighted by atomic mass is 16.3. The number of furan rings is 1. The number of fused-ring (bicyclic) bond motifs is 1. The minimum Gasteiger partial charge on any atom is -0.508 e. The Hall–Kier alpha value is -1.48. The van der Waals surface area contributed by atoms with Crippen molar-refractivity contribution in [1.82, 2.24) is 0 Å². The molecule has 3 N–H and O–H groups in total. The van der Waals surface area contributed by atoms with Crippen LogP contribution in [0.25, 0.3) is 11.0 Å². The molecule has 1 aromatic heterocycles. The Bertz CT molecular complexity index is 471. The van der Waals surface area contributed by atoms with Gasteiger partial charge in [0.25, 0.3) is 0 Å². The molecule has 3 heteroatoms. The van der Waals surface area contributed by atoms with Crippen LogP contribution in [0, 0.1) is 6.92 Å². The summed E-state index contributed by atoms with van der Waals surface area (Å²) in [6.45, 7) is 3.79. The van der Waals surface area contributed by atoms with E-state index in [2.05, 4.69) is 0 Å². The van der Waals surface area contributed by atoms with Gasteiger partial charge in [-0.15, -0.1) is 0 Å². The van der Waals surface area contributed by atoms with Gasteiger partial charge < -0.3 is 15.3 Å². The average molecular weight is 191 g/mol. The van der Waals surface area contributed by atoms with Crippen molar-refractivity contribution in [2.24, 2.45) is 5.73 Å². The molecule has 0 aliphatic carbocycles. The van der Waals surface area contributed by atoms with Crippen molar-refractivity contribution in [3.8, 4) is 5.75 Å². The third kappa shape index (κ3) is 1.26. The molecule has 1 atom stereocenters. The van der Waals surface area contributed by atoms with E-state index in [4.69, 9.17) is 10.2 Å². The largest absolute Gasteiger partial charge is 0.508 e. The maximum Gasteiger partial charge on any atom is 0.134 e. The molecule has 0 radical (unpaired) electrons. The number of hydrogen-bond acceptors (Lipinski definition) is 3. The summed E-state index contributed by atoms with van der Waals surface area (Å²) >= 11 is 0. The predicted molar refractivity (Wildman–Crippen MR) is 55.2 cm³/mol. The van der Waals surface area contributed by atoms with Crippen LogP contribution in [0.15, 0.2) is 22.6 Å². The van der Waals surface area contributed by atoms with E-state index in [9.17, 15) is 5.11 Å². The lowest BCUT2D eigenvalue weighted by molar-refractivity contribution is 0.475. The zero-order chi connectivity index (χ0) is 10.3. The van der Waals surface area contributed by atoms with Gasteiger partial charge in [0, 0.05) is 17.0 Å². The summed E-state index contributed by atoms with van der Waals surface area (Å²) in [7, 11) is 0. The Kier molecular flexibility index (Phi) is 1.97. The second-order valence-corrected chi connectivity index (χ2v) is 3.54. The van der Waals surface area contributed by atoms with Crippen LogP contribution in [-0.2, 0) is 0 Å². The predicted octanol–water partition coefficient (Wildman–Crippen LogP) is 2.47. The van der Waals surface area contributed by atoms with Crippen molar-refractivity contribution in [3.63, 3.8) is 0 Å². The molecule has 1 unspecified atom stereocenters. The maximum atomic E-state index is 9.36. The SMILES string of the molecule is Cc1oc2ccc(O)cc2c1C(C)N. The second-order valence-electron chi connectivity index (χ2n) is 3.54. The molecule has 0 fully saturated rings. The molecule has 3 nitrogen and oxygen atoms in total. The van der Waals surface area contributed by atoms with Crippen molar-refractivity contribution in [3.05, 3.63) is 29.5 Å². The Morgan fingerprint density at radius 3 is 2.79 bits per heavy atom. The molecule has 1 heterocycles. The smallest absolute Gasteiger partial charge is 0.134 e. The van der Waals surface area contributed by atoms with E-state index in [1.807, 2.05) is 13.8 Å². The summed E-state index contributed by atoms with van der Waals surface area (Å²) in [5.74, 6) is 1.06. The van der Waals surface area contributed by atoms with Crippen LogP contribution in [0.4, 0.5) is 0 Å². The fraction of sp³-hybridized carbons (Fsp3) is 0.273. The van der Waals surface area contributed by atoms with Gasteiger partial charge in [0.05, 0.1) is 0 Å². The number of hydrogen-bond donors (Lipinski definition) is 2. The highest BCUT2D eigenvalue weighted by molar-refractivity contribution is 5.84. The minimum absolute atomic E-state index is 0.0851. The summed E-state index contributed by atoms with van der Waals surface area (Å²) < 4.78 is 5.52. The van der Waals surface area contributed by atoms with Crippen molar-refractivity contribution < 1.29 is 9.52 Å². The molecule has 1 aromatic carbocycles. The van der Waals surface area contributed by atoms with Crippen LogP contribution < -0.4 is 5.73 Å². The molecule has 14 heavy (non-hydrogen) atoms. The molecular formula is C11H13NO2. The first-order valence-corrected chi connectivity index (χ1v) is 4.57. The average Bonchev–Trinajstić information content (AvgIpc) is 2.40. The third-order valence-corrected chi connectivity index (χ3v) is 2.35. The van der Waals surface area contributed by atoms with Crippen LogP contribution in [-0.4, -0.2) is 5.11 Å². The molecule has 74 valence electrons. The van der Waals surface area contributed by atoms with Gasteiger partial charge in [-0.05, 0) is 32.0 Å². The lowest BCUT2D eigenvalue weighted by Crippen LogP contribution is -2.05. The van der Waals surface area contributed by atoms with Crippen molar-refractivity contribution >= 4 is 11.0 Å². The summed E-state index contributed by atoms with van der Waals surface area (Å²) in [6, 6.07) is 4.96. The maximum absolute atomic E-state index is 9.36. The first-order valence-electron chi connectivity index (χ1n) is 4.57. The zero-order valence-corrected chi connectivity index (χ0v) is 8.24. The quantitative estimate of drug-likeness (QED) is 0.727. The molecule has 0 aliphatic heterocycles. The fourth-order valence-electron chi connectivity index (χ4n) is 1.79. The Morgan fingerprint density at radius 1 is 1.43 bits per heavy atom. The molecule has 0 saturated heterocycles. The van der Waals surface area contributed by atoms with Crippen LogP contribution in [0.2, 0.25) is 0 Å². The van der Waals surface area contributed by atoms with E-state index in [1.54, 1.807) is 18.2 Å². The van der Waals surface area contributed by atoms with Crippen LogP contribution in [0.1, 0.15) is 24.3 Å². The molecule has 0 aliphatic rings. The highest BCUT2D eigenvalue weighted by Crippen LogP contribution is 2.31. The van der Waals surface area contributed by atoms with Gasteiger partial charge in [-0.3, -0.25) is 0 Å². The second kappa shape index (κ2) is 3.03. The van der Waals surface area contributed by atoms with E-state index in [1.165, 1.54) is 0 Å². The summed E-state index contributed by atoms with van der Waals surface area (Å²) in [6.07, 6.45) is 0. The van der Waals surface area contributed by atoms with Crippen LogP contribution in [0.5, 0.6) is 5.75 Å². The number of phenols is 1. The number of phenolic OH excluding ortho intramolecular Hbond substituents is 1. The van der Waals surface area contributed by atoms with Gasteiger partial charge in [0.2, 0.25) is 0 Å². The summed E-state index contributed by atoms with van der Waals surface area (Å²) in [5.41, 5.74) is 7.57. The van der Waals surface area contributed by atoms with Gasteiger partial charge in [0.15, 0.2) is 0 Å². The lowest BCUT2D eigenvalue weighted by Gasteiger charge is -2.03. The molecule has 2 rings (SSSR count). The summed E-state index contributed by atoms with van der Waals surface area (Å²) in [5, 5.41) is 10.3. The van der Waals surface area contributed by atoms with Crippen molar-refractivity contribution in [1.29, 1.82) is 0 Å². The Balaban J connectivity index is 2.79. The normalized spacial score (nSPS) is 13.4. The van der Waals surface area contributed by atoms with Crippen LogP contribution >= 0.6 is 0 Å². The van der Waals surface area contributed by atoms with Gasteiger partial charge >= 0.3 is 0 Å². The molecule has 0 bridgehead atoms. The lowest BCUT2D eigenvalue weighted by atomic mass is 10.1. The Labute approximate surface area is 82.1 Å². The van der Waals surface area contributed by atoms with E-state index in [0.717, 1.165) is 22.3 Å². The standard InChI is InChI=1S/C11H13NO2/c1-6(12)11-7(2)14-10-4-3-8(13)5-9(10)11/h3-6,13H,12H2,1-2H3. The van der Waals surface area contributed by atoms with Crippen LogP contribution in [0.3, 0.4) is 0 Å². The van der Waals surface area contributed by atoms with Crippen molar-refractivity contribution in [2.75, 3.05) is 0 Å². The van der Waals surface area contributed by atoms with E-state index >= 15 is 0 Å². The summed E-state index contributed by atoms with van der Waals surface area (Å²) in [4.78, 5) is 0. The number of aromatic hydroxyl groups is 1.